The van der Waals surface area contributed by atoms with Gasteiger partial charge in [0.05, 0.1) is 31.5 Å². The van der Waals surface area contributed by atoms with Crippen LogP contribution in [-0.2, 0) is 19.2 Å². The average molecular weight is 335 g/mol. The fourth-order valence-corrected chi connectivity index (χ4v) is 1.88. The van der Waals surface area contributed by atoms with Gasteiger partial charge in [-0.3, -0.25) is 14.5 Å². The highest BCUT2D eigenvalue weighted by molar-refractivity contribution is 4.67. The first kappa shape index (κ1) is 22.8. The average Bonchev–Trinajstić information content (AvgIpc) is 2.34. The maximum atomic E-state index is 5.94. The lowest BCUT2D eigenvalue weighted by atomic mass is 10.1. The first-order valence-corrected chi connectivity index (χ1v) is 8.64. The molecule has 0 aliphatic rings. The zero-order valence-electron chi connectivity index (χ0n) is 16.6. The molecule has 0 unspecified atom stereocenters. The molecule has 0 aromatic rings. The smallest absolute Gasteiger partial charge is 0.108 e. The number of rotatable bonds is 13. The van der Waals surface area contributed by atoms with Crippen molar-refractivity contribution < 1.29 is 19.2 Å². The van der Waals surface area contributed by atoms with Crippen LogP contribution < -0.4 is 0 Å². The van der Waals surface area contributed by atoms with E-state index in [-0.39, 0.29) is 23.9 Å². The van der Waals surface area contributed by atoms with Gasteiger partial charge in [0, 0.05) is 13.6 Å². The van der Waals surface area contributed by atoms with E-state index in [4.69, 9.17) is 19.2 Å². The minimum absolute atomic E-state index is 0.0924. The molecule has 0 amide bonds. The molecule has 0 N–H and O–H groups in total. The van der Waals surface area contributed by atoms with Gasteiger partial charge in [0.1, 0.15) is 5.60 Å². The van der Waals surface area contributed by atoms with E-state index < -0.39 is 0 Å². The van der Waals surface area contributed by atoms with Gasteiger partial charge in [0.15, 0.2) is 0 Å². The normalized spacial score (nSPS) is 13.3. The molecule has 0 saturated carbocycles. The molecule has 6 nitrogen and oxygen atoms in total. The van der Waals surface area contributed by atoms with Gasteiger partial charge in [-0.25, -0.2) is 0 Å². The fraction of sp³-hybridized carbons (Fsp3) is 1.00. The Kier molecular flexibility index (Phi) is 11.2. The third kappa shape index (κ3) is 13.9. The second-order valence-electron chi connectivity index (χ2n) is 7.28. The molecule has 0 spiro atoms. The predicted molar refractivity (Wildman–Crippen MR) is 92.6 cm³/mol. The molecule has 0 heterocycles. The third-order valence-electron chi connectivity index (χ3n) is 2.64. The summed E-state index contributed by atoms with van der Waals surface area (Å²) in [5.41, 5.74) is -0.346. The molecule has 0 bridgehead atoms. The quantitative estimate of drug-likeness (QED) is 0.481. The highest BCUT2D eigenvalue weighted by atomic mass is 17.0. The van der Waals surface area contributed by atoms with Crippen molar-refractivity contribution in [2.45, 2.75) is 85.7 Å². The standard InChI is InChI=1S/C17H38N2O4/c1-14(2)20-13-17(7,8)23-18(9)11-10-12-19(21-15(3)4)22-16(5)6/h14-16H,10-13H2,1-9H3. The SMILES string of the molecule is CC(C)OCC(C)(C)ON(C)CCCN(OC(C)C)OC(C)C. The van der Waals surface area contributed by atoms with Crippen molar-refractivity contribution in [1.82, 2.24) is 10.3 Å². The van der Waals surface area contributed by atoms with Crippen molar-refractivity contribution in [1.29, 1.82) is 0 Å². The Labute approximate surface area is 142 Å². The van der Waals surface area contributed by atoms with E-state index in [1.54, 1.807) is 5.23 Å². The van der Waals surface area contributed by atoms with Crippen LogP contribution in [-0.4, -0.2) is 60.9 Å². The summed E-state index contributed by atoms with van der Waals surface area (Å²) < 4.78 is 5.64. The van der Waals surface area contributed by atoms with E-state index >= 15 is 0 Å². The van der Waals surface area contributed by atoms with Gasteiger partial charge in [0.2, 0.25) is 0 Å². The molecular weight excluding hydrogens is 296 g/mol. The second kappa shape index (κ2) is 11.3. The summed E-state index contributed by atoms with van der Waals surface area (Å²) in [7, 11) is 1.94. The van der Waals surface area contributed by atoms with Crippen molar-refractivity contribution in [3.8, 4) is 0 Å². The van der Waals surface area contributed by atoms with Crippen LogP contribution in [0.5, 0.6) is 0 Å². The fourth-order valence-electron chi connectivity index (χ4n) is 1.88. The number of ether oxygens (including phenoxy) is 1. The van der Waals surface area contributed by atoms with Crippen LogP contribution in [0.3, 0.4) is 0 Å². The molecule has 0 radical (unpaired) electrons. The Hall–Kier alpha value is -0.240. The highest BCUT2D eigenvalue weighted by Gasteiger charge is 2.22. The maximum absolute atomic E-state index is 5.94. The lowest BCUT2D eigenvalue weighted by Gasteiger charge is -2.31. The summed E-state index contributed by atoms with van der Waals surface area (Å²) in [6.07, 6.45) is 1.26. The molecule has 0 fully saturated rings. The summed E-state index contributed by atoms with van der Waals surface area (Å²) in [6, 6.07) is 0. The predicted octanol–water partition coefficient (Wildman–Crippen LogP) is 3.43. The number of nitrogens with zero attached hydrogens (tertiary/aromatic N) is 2. The van der Waals surface area contributed by atoms with Crippen LogP contribution in [0, 0.1) is 0 Å². The van der Waals surface area contributed by atoms with E-state index in [0.29, 0.717) is 13.2 Å². The molecule has 0 aromatic carbocycles. The molecule has 0 atom stereocenters. The summed E-state index contributed by atoms with van der Waals surface area (Å²) in [4.78, 5) is 17.2. The van der Waals surface area contributed by atoms with Gasteiger partial charge in [-0.05, 0) is 61.8 Å². The third-order valence-corrected chi connectivity index (χ3v) is 2.64. The summed E-state index contributed by atoms with van der Waals surface area (Å²) >= 11 is 0. The van der Waals surface area contributed by atoms with Crippen LogP contribution in [0.4, 0.5) is 0 Å². The van der Waals surface area contributed by atoms with Gasteiger partial charge in [0.25, 0.3) is 0 Å². The topological polar surface area (TPSA) is 43.4 Å². The largest absolute Gasteiger partial charge is 0.376 e. The van der Waals surface area contributed by atoms with Crippen LogP contribution in [0.2, 0.25) is 0 Å². The van der Waals surface area contributed by atoms with Crippen LogP contribution >= 0.6 is 0 Å². The van der Waals surface area contributed by atoms with Crippen molar-refractivity contribution >= 4 is 0 Å². The molecule has 0 rings (SSSR count). The first-order valence-electron chi connectivity index (χ1n) is 8.64. The van der Waals surface area contributed by atoms with E-state index in [2.05, 4.69) is 0 Å². The Balaban J connectivity index is 4.12. The lowest BCUT2D eigenvalue weighted by Crippen LogP contribution is -2.39. The summed E-state index contributed by atoms with van der Waals surface area (Å²) in [5.74, 6) is 0. The van der Waals surface area contributed by atoms with Gasteiger partial charge in [-0.1, -0.05) is 5.23 Å². The van der Waals surface area contributed by atoms with Crippen molar-refractivity contribution in [2.75, 3.05) is 26.7 Å². The minimum atomic E-state index is -0.346. The van der Waals surface area contributed by atoms with Gasteiger partial charge in [-0.2, -0.15) is 5.06 Å². The zero-order chi connectivity index (χ0) is 18.0. The molecule has 140 valence electrons. The molecule has 0 aliphatic heterocycles. The monoisotopic (exact) mass is 334 g/mol. The van der Waals surface area contributed by atoms with Crippen molar-refractivity contribution in [3.05, 3.63) is 0 Å². The molecule has 0 aliphatic carbocycles. The minimum Gasteiger partial charge on any atom is -0.376 e. The Morgan fingerprint density at radius 1 is 0.826 bits per heavy atom. The summed E-state index contributed by atoms with van der Waals surface area (Å²) in [6.45, 7) is 18.1. The molecular formula is C17H38N2O4. The highest BCUT2D eigenvalue weighted by Crippen LogP contribution is 2.13. The van der Waals surface area contributed by atoms with Gasteiger partial charge >= 0.3 is 0 Å². The molecule has 0 aromatic heterocycles. The van der Waals surface area contributed by atoms with E-state index in [9.17, 15) is 0 Å². The molecule has 6 heteroatoms. The number of hydrogen-bond acceptors (Lipinski definition) is 6. The van der Waals surface area contributed by atoms with Gasteiger partial charge in [-0.15, -0.1) is 0 Å². The Morgan fingerprint density at radius 3 is 1.78 bits per heavy atom. The van der Waals surface area contributed by atoms with Crippen molar-refractivity contribution in [2.24, 2.45) is 0 Å². The van der Waals surface area contributed by atoms with Crippen LogP contribution in [0.15, 0.2) is 0 Å². The summed E-state index contributed by atoms with van der Waals surface area (Å²) in [5, 5.41) is 3.43. The van der Waals surface area contributed by atoms with Crippen LogP contribution in [0.1, 0.15) is 61.8 Å². The maximum Gasteiger partial charge on any atom is 0.108 e. The molecule has 0 saturated heterocycles. The number of hydrogen-bond donors (Lipinski definition) is 0. The lowest BCUT2D eigenvalue weighted by molar-refractivity contribution is -0.394. The Morgan fingerprint density at radius 2 is 1.35 bits per heavy atom. The van der Waals surface area contributed by atoms with Crippen molar-refractivity contribution in [3.63, 3.8) is 0 Å². The second-order valence-corrected chi connectivity index (χ2v) is 7.28. The van der Waals surface area contributed by atoms with Gasteiger partial charge < -0.3 is 4.74 Å². The molecule has 23 heavy (non-hydrogen) atoms. The van der Waals surface area contributed by atoms with E-state index in [0.717, 1.165) is 13.0 Å². The van der Waals surface area contributed by atoms with Crippen LogP contribution in [0.25, 0.3) is 0 Å². The first-order chi connectivity index (χ1) is 10.5. The number of hydroxylamine groups is 4. The zero-order valence-corrected chi connectivity index (χ0v) is 16.6. The Bertz CT molecular complexity index is 286. The van der Waals surface area contributed by atoms with E-state index in [1.165, 1.54) is 0 Å². The van der Waals surface area contributed by atoms with E-state index in [1.807, 2.05) is 67.5 Å².